The number of piperazine rings is 1. The van der Waals surface area contributed by atoms with Crippen LogP contribution in [0.2, 0.25) is 5.02 Å². The van der Waals surface area contributed by atoms with E-state index in [0.717, 1.165) is 0 Å². The lowest BCUT2D eigenvalue weighted by Crippen LogP contribution is -2.51. The van der Waals surface area contributed by atoms with E-state index in [1.54, 1.807) is 21.9 Å². The molecule has 2 amide bonds. The van der Waals surface area contributed by atoms with Gasteiger partial charge in [-0.1, -0.05) is 11.6 Å². The number of halogens is 1. The van der Waals surface area contributed by atoms with Crippen LogP contribution in [0, 0.1) is 11.3 Å². The van der Waals surface area contributed by atoms with Crippen molar-refractivity contribution < 1.29 is 14.3 Å². The lowest BCUT2D eigenvalue weighted by atomic mass is 10.2. The summed E-state index contributed by atoms with van der Waals surface area (Å²) < 4.78 is 5.41. The summed E-state index contributed by atoms with van der Waals surface area (Å²) in [6.07, 6.45) is 0. The molecular weight excluding hydrogens is 306 g/mol. The van der Waals surface area contributed by atoms with Crippen molar-refractivity contribution >= 4 is 23.4 Å². The average molecular weight is 322 g/mol. The number of rotatable bonds is 3. The molecule has 1 aliphatic rings. The van der Waals surface area contributed by atoms with Gasteiger partial charge < -0.3 is 14.5 Å². The molecule has 0 radical (unpaired) electrons. The number of carbonyl (C=O) groups is 2. The first kappa shape index (κ1) is 16.1. The van der Waals surface area contributed by atoms with E-state index in [-0.39, 0.29) is 18.4 Å². The molecule has 6 nitrogen and oxygen atoms in total. The Hall–Kier alpha value is -2.26. The third kappa shape index (κ3) is 3.89. The Kier molecular flexibility index (Phi) is 5.23. The van der Waals surface area contributed by atoms with Gasteiger partial charge in [0.05, 0.1) is 16.7 Å². The molecule has 0 atom stereocenters. The number of nitrogens with zero attached hydrogens (tertiary/aromatic N) is 3. The molecule has 1 aromatic carbocycles. The van der Waals surface area contributed by atoms with E-state index >= 15 is 0 Å². The van der Waals surface area contributed by atoms with E-state index in [0.29, 0.717) is 42.5 Å². The molecule has 0 aromatic heterocycles. The Balaban J connectivity index is 1.86. The van der Waals surface area contributed by atoms with Gasteiger partial charge in [-0.05, 0) is 18.2 Å². The minimum atomic E-state index is -0.149. The molecular formula is C15H16ClN3O3. The first-order valence-corrected chi connectivity index (χ1v) is 7.25. The largest absolute Gasteiger partial charge is 0.482 e. The molecule has 22 heavy (non-hydrogen) atoms. The molecule has 1 aliphatic heterocycles. The van der Waals surface area contributed by atoms with Gasteiger partial charge in [-0.2, -0.15) is 5.26 Å². The first-order valence-electron chi connectivity index (χ1n) is 6.87. The number of hydrogen-bond acceptors (Lipinski definition) is 4. The van der Waals surface area contributed by atoms with Crippen molar-refractivity contribution in [2.75, 3.05) is 32.8 Å². The second-order valence-corrected chi connectivity index (χ2v) is 5.34. The summed E-state index contributed by atoms with van der Waals surface area (Å²) in [4.78, 5) is 26.7. The predicted octanol–water partition coefficient (Wildman–Crippen LogP) is 1.28. The molecule has 0 N–H and O–H groups in total. The van der Waals surface area contributed by atoms with Gasteiger partial charge in [0.1, 0.15) is 5.75 Å². The van der Waals surface area contributed by atoms with Crippen molar-refractivity contribution in [2.45, 2.75) is 6.92 Å². The Labute approximate surface area is 133 Å². The van der Waals surface area contributed by atoms with Gasteiger partial charge in [-0.25, -0.2) is 0 Å². The highest BCUT2D eigenvalue weighted by Crippen LogP contribution is 2.25. The Morgan fingerprint density at radius 1 is 1.27 bits per heavy atom. The number of amides is 2. The second-order valence-electron chi connectivity index (χ2n) is 4.93. The standard InChI is InChI=1S/C15H16ClN3O3/c1-11(20)18-4-6-19(7-5-18)15(21)10-22-14-3-2-12(9-17)8-13(14)16/h2-3,8H,4-7,10H2,1H3. The van der Waals surface area contributed by atoms with Crippen LogP contribution in [0.3, 0.4) is 0 Å². The van der Waals surface area contributed by atoms with Crippen LogP contribution < -0.4 is 4.74 Å². The van der Waals surface area contributed by atoms with Gasteiger partial charge in [-0.15, -0.1) is 0 Å². The molecule has 0 aliphatic carbocycles. The van der Waals surface area contributed by atoms with Crippen molar-refractivity contribution in [1.29, 1.82) is 5.26 Å². The van der Waals surface area contributed by atoms with E-state index < -0.39 is 0 Å². The van der Waals surface area contributed by atoms with Crippen LogP contribution in [0.15, 0.2) is 18.2 Å². The SMILES string of the molecule is CC(=O)N1CCN(C(=O)COc2ccc(C#N)cc2Cl)CC1. The van der Waals surface area contributed by atoms with Crippen LogP contribution in [-0.2, 0) is 9.59 Å². The van der Waals surface area contributed by atoms with Gasteiger partial charge in [0.25, 0.3) is 5.91 Å². The number of benzene rings is 1. The quantitative estimate of drug-likeness (QED) is 0.840. The molecule has 1 fully saturated rings. The van der Waals surface area contributed by atoms with Crippen LogP contribution in [0.25, 0.3) is 0 Å². The maximum absolute atomic E-state index is 12.1. The minimum Gasteiger partial charge on any atom is -0.482 e. The Morgan fingerprint density at radius 2 is 1.91 bits per heavy atom. The summed E-state index contributed by atoms with van der Waals surface area (Å²) >= 11 is 5.99. The number of nitriles is 1. The lowest BCUT2D eigenvalue weighted by molar-refractivity contribution is -0.139. The number of ether oxygens (including phenoxy) is 1. The van der Waals surface area contributed by atoms with Crippen molar-refractivity contribution in [3.63, 3.8) is 0 Å². The maximum atomic E-state index is 12.1. The number of hydrogen-bond donors (Lipinski definition) is 0. The van der Waals surface area contributed by atoms with Crippen LogP contribution in [0.1, 0.15) is 12.5 Å². The molecule has 1 saturated heterocycles. The highest BCUT2D eigenvalue weighted by atomic mass is 35.5. The van der Waals surface area contributed by atoms with Crippen molar-refractivity contribution in [3.05, 3.63) is 28.8 Å². The van der Waals surface area contributed by atoms with E-state index in [1.807, 2.05) is 6.07 Å². The van der Waals surface area contributed by atoms with Gasteiger partial charge >= 0.3 is 0 Å². The fourth-order valence-corrected chi connectivity index (χ4v) is 2.42. The Bertz CT molecular complexity index is 619. The zero-order chi connectivity index (χ0) is 16.1. The topological polar surface area (TPSA) is 73.6 Å². The van der Waals surface area contributed by atoms with Gasteiger partial charge in [0, 0.05) is 33.1 Å². The van der Waals surface area contributed by atoms with Crippen LogP contribution in [0.5, 0.6) is 5.75 Å². The zero-order valence-electron chi connectivity index (χ0n) is 12.2. The van der Waals surface area contributed by atoms with E-state index in [1.165, 1.54) is 13.0 Å². The molecule has 2 rings (SSSR count). The number of carbonyl (C=O) groups excluding carboxylic acids is 2. The average Bonchev–Trinajstić information content (AvgIpc) is 2.53. The highest BCUT2D eigenvalue weighted by Gasteiger charge is 2.22. The first-order chi connectivity index (χ1) is 10.5. The molecule has 0 bridgehead atoms. The second kappa shape index (κ2) is 7.14. The van der Waals surface area contributed by atoms with E-state index in [9.17, 15) is 9.59 Å². The summed E-state index contributed by atoms with van der Waals surface area (Å²) in [6.45, 7) is 3.49. The molecule has 1 aromatic rings. The van der Waals surface area contributed by atoms with Crippen molar-refractivity contribution in [3.8, 4) is 11.8 Å². The third-order valence-electron chi connectivity index (χ3n) is 3.49. The minimum absolute atomic E-state index is 0.0210. The maximum Gasteiger partial charge on any atom is 0.260 e. The zero-order valence-corrected chi connectivity index (χ0v) is 13.0. The molecule has 0 saturated carbocycles. The van der Waals surface area contributed by atoms with Crippen LogP contribution in [0.4, 0.5) is 0 Å². The van der Waals surface area contributed by atoms with Gasteiger partial charge in [0.15, 0.2) is 6.61 Å². The van der Waals surface area contributed by atoms with Gasteiger partial charge in [-0.3, -0.25) is 9.59 Å². The predicted molar refractivity (Wildman–Crippen MR) is 80.5 cm³/mol. The van der Waals surface area contributed by atoms with Crippen molar-refractivity contribution in [1.82, 2.24) is 9.80 Å². The highest BCUT2D eigenvalue weighted by molar-refractivity contribution is 6.32. The summed E-state index contributed by atoms with van der Waals surface area (Å²) in [5.41, 5.74) is 0.434. The summed E-state index contributed by atoms with van der Waals surface area (Å²) in [5, 5.41) is 9.06. The van der Waals surface area contributed by atoms with E-state index in [4.69, 9.17) is 21.6 Å². The summed E-state index contributed by atoms with van der Waals surface area (Å²) in [6, 6.07) is 6.62. The van der Waals surface area contributed by atoms with Crippen LogP contribution in [-0.4, -0.2) is 54.4 Å². The molecule has 0 spiro atoms. The molecule has 7 heteroatoms. The molecule has 116 valence electrons. The lowest BCUT2D eigenvalue weighted by Gasteiger charge is -2.34. The third-order valence-corrected chi connectivity index (χ3v) is 3.79. The monoisotopic (exact) mass is 321 g/mol. The summed E-state index contributed by atoms with van der Waals surface area (Å²) in [5.74, 6) is 0.243. The smallest absolute Gasteiger partial charge is 0.260 e. The normalized spacial score (nSPS) is 14.4. The van der Waals surface area contributed by atoms with Gasteiger partial charge in [0.2, 0.25) is 5.91 Å². The van der Waals surface area contributed by atoms with E-state index in [2.05, 4.69) is 0 Å². The Morgan fingerprint density at radius 3 is 2.45 bits per heavy atom. The summed E-state index contributed by atoms with van der Waals surface area (Å²) in [7, 11) is 0. The van der Waals surface area contributed by atoms with Crippen molar-refractivity contribution in [2.24, 2.45) is 0 Å². The fourth-order valence-electron chi connectivity index (χ4n) is 2.19. The molecule has 1 heterocycles. The van der Waals surface area contributed by atoms with Crippen LogP contribution >= 0.6 is 11.6 Å². The fraction of sp³-hybridized carbons (Fsp3) is 0.400. The molecule has 0 unspecified atom stereocenters.